The summed E-state index contributed by atoms with van der Waals surface area (Å²) in [6, 6.07) is 5.92. The van der Waals surface area contributed by atoms with Gasteiger partial charge in [0.2, 0.25) is 11.8 Å². The fourth-order valence-corrected chi connectivity index (χ4v) is 3.43. The highest BCUT2D eigenvalue weighted by Crippen LogP contribution is 2.30. The molecule has 2 N–H and O–H groups in total. The van der Waals surface area contributed by atoms with E-state index in [4.69, 9.17) is 0 Å². The maximum Gasteiger partial charge on any atom is 0.227 e. The number of benzene rings is 1. The molecular formula is C18H25N3O2. The number of rotatable bonds is 4. The smallest absolute Gasteiger partial charge is 0.227 e. The van der Waals surface area contributed by atoms with Crippen molar-refractivity contribution in [3.63, 3.8) is 0 Å². The Bertz CT molecular complexity index is 594. The van der Waals surface area contributed by atoms with Crippen molar-refractivity contribution >= 4 is 23.2 Å². The van der Waals surface area contributed by atoms with Gasteiger partial charge in [-0.2, -0.15) is 0 Å². The average Bonchev–Trinajstić information content (AvgIpc) is 2.58. The van der Waals surface area contributed by atoms with Gasteiger partial charge in [0.25, 0.3) is 0 Å². The Morgan fingerprint density at radius 3 is 2.83 bits per heavy atom. The summed E-state index contributed by atoms with van der Waals surface area (Å²) in [5.41, 5.74) is 3.00. The van der Waals surface area contributed by atoms with Crippen LogP contribution in [0, 0.1) is 5.92 Å². The van der Waals surface area contributed by atoms with E-state index in [1.165, 1.54) is 0 Å². The van der Waals surface area contributed by atoms with E-state index in [0.29, 0.717) is 6.42 Å². The summed E-state index contributed by atoms with van der Waals surface area (Å²) in [5, 5.41) is 6.33. The monoisotopic (exact) mass is 315 g/mol. The Balaban J connectivity index is 1.73. The fourth-order valence-electron chi connectivity index (χ4n) is 3.43. The molecule has 0 aromatic heterocycles. The molecule has 0 bridgehead atoms. The van der Waals surface area contributed by atoms with Crippen LogP contribution in [0.5, 0.6) is 0 Å². The number of aryl methyl sites for hydroxylation is 1. The number of anilines is 2. The second-order valence-electron chi connectivity index (χ2n) is 6.40. The summed E-state index contributed by atoms with van der Waals surface area (Å²) < 4.78 is 0. The summed E-state index contributed by atoms with van der Waals surface area (Å²) >= 11 is 0. The molecule has 2 heterocycles. The highest BCUT2D eigenvalue weighted by atomic mass is 16.2. The van der Waals surface area contributed by atoms with E-state index in [-0.39, 0.29) is 17.7 Å². The lowest BCUT2D eigenvalue weighted by molar-refractivity contribution is -0.120. The first-order valence-corrected chi connectivity index (χ1v) is 8.64. The van der Waals surface area contributed by atoms with Crippen molar-refractivity contribution in [2.45, 2.75) is 39.0 Å². The first kappa shape index (κ1) is 16.0. The summed E-state index contributed by atoms with van der Waals surface area (Å²) in [5.74, 6) is 0.417. The van der Waals surface area contributed by atoms with Gasteiger partial charge in [-0.15, -0.1) is 0 Å². The number of carbonyl (C=O) groups is 2. The zero-order valence-electron chi connectivity index (χ0n) is 13.7. The molecule has 0 atom stereocenters. The minimum absolute atomic E-state index is 0.102. The van der Waals surface area contributed by atoms with E-state index in [1.54, 1.807) is 0 Å². The predicted molar refractivity (Wildman–Crippen MR) is 91.6 cm³/mol. The minimum atomic E-state index is 0.102. The lowest BCUT2D eigenvalue weighted by Gasteiger charge is -2.29. The van der Waals surface area contributed by atoms with Gasteiger partial charge in [0.1, 0.15) is 0 Å². The van der Waals surface area contributed by atoms with Crippen molar-refractivity contribution in [3.05, 3.63) is 23.8 Å². The van der Waals surface area contributed by atoms with Gasteiger partial charge >= 0.3 is 0 Å². The lowest BCUT2D eigenvalue weighted by atomic mass is 9.96. The van der Waals surface area contributed by atoms with E-state index in [0.717, 1.165) is 62.3 Å². The van der Waals surface area contributed by atoms with Gasteiger partial charge < -0.3 is 15.5 Å². The Hall–Kier alpha value is -1.88. The topological polar surface area (TPSA) is 61.4 Å². The van der Waals surface area contributed by atoms with Gasteiger partial charge in [-0.3, -0.25) is 9.59 Å². The molecule has 1 aromatic rings. The Kier molecular flexibility index (Phi) is 4.96. The van der Waals surface area contributed by atoms with Gasteiger partial charge in [0.05, 0.1) is 0 Å². The van der Waals surface area contributed by atoms with Crippen molar-refractivity contribution < 1.29 is 9.59 Å². The largest absolute Gasteiger partial charge is 0.326 e. The molecule has 1 fully saturated rings. The summed E-state index contributed by atoms with van der Waals surface area (Å²) in [4.78, 5) is 26.3. The number of carbonyl (C=O) groups excluding carboxylic acids is 2. The molecular weight excluding hydrogens is 290 g/mol. The molecule has 124 valence electrons. The van der Waals surface area contributed by atoms with E-state index in [1.807, 2.05) is 23.1 Å². The summed E-state index contributed by atoms with van der Waals surface area (Å²) in [7, 11) is 0. The third-order valence-corrected chi connectivity index (χ3v) is 4.70. The highest BCUT2D eigenvalue weighted by molar-refractivity contribution is 5.98. The number of hydrogen-bond donors (Lipinski definition) is 2. The second-order valence-corrected chi connectivity index (χ2v) is 6.40. The molecule has 5 nitrogen and oxygen atoms in total. The number of hydrogen-bond acceptors (Lipinski definition) is 3. The maximum atomic E-state index is 12.4. The zero-order valence-corrected chi connectivity index (χ0v) is 13.7. The molecule has 0 saturated carbocycles. The van der Waals surface area contributed by atoms with E-state index < -0.39 is 0 Å². The van der Waals surface area contributed by atoms with Crippen LogP contribution in [0.25, 0.3) is 0 Å². The number of fused-ring (bicyclic) bond motifs is 1. The molecule has 2 amide bonds. The minimum Gasteiger partial charge on any atom is -0.326 e. The van der Waals surface area contributed by atoms with Crippen LogP contribution in [0.3, 0.4) is 0 Å². The normalized spacial score (nSPS) is 18.7. The molecule has 5 heteroatoms. The Morgan fingerprint density at radius 1 is 1.30 bits per heavy atom. The lowest BCUT2D eigenvalue weighted by Crippen LogP contribution is -2.36. The molecule has 2 aliphatic heterocycles. The third-order valence-electron chi connectivity index (χ3n) is 4.70. The molecule has 1 saturated heterocycles. The van der Waals surface area contributed by atoms with Crippen molar-refractivity contribution in [1.82, 2.24) is 5.32 Å². The van der Waals surface area contributed by atoms with Crippen LogP contribution >= 0.6 is 0 Å². The predicted octanol–water partition coefficient (Wildman–Crippen LogP) is 2.31. The fraction of sp³-hybridized carbons (Fsp3) is 0.556. The standard InChI is InChI=1S/C18H25N3O2/c1-2-11-21-16-5-4-15(12-14(16)3-6-17(21)22)20-18(23)13-7-9-19-10-8-13/h4-5,12-13,19H,2-3,6-11H2,1H3,(H,20,23). The van der Waals surface area contributed by atoms with Crippen molar-refractivity contribution in [3.8, 4) is 0 Å². The van der Waals surface area contributed by atoms with Crippen LogP contribution in [0.2, 0.25) is 0 Å². The molecule has 1 aromatic carbocycles. The molecule has 0 radical (unpaired) electrons. The van der Waals surface area contributed by atoms with Crippen molar-refractivity contribution in [1.29, 1.82) is 0 Å². The van der Waals surface area contributed by atoms with Gasteiger partial charge in [0.15, 0.2) is 0 Å². The first-order valence-electron chi connectivity index (χ1n) is 8.64. The number of amides is 2. The second kappa shape index (κ2) is 7.13. The Morgan fingerprint density at radius 2 is 2.09 bits per heavy atom. The highest BCUT2D eigenvalue weighted by Gasteiger charge is 2.25. The molecule has 23 heavy (non-hydrogen) atoms. The van der Waals surface area contributed by atoms with Crippen LogP contribution < -0.4 is 15.5 Å². The quantitative estimate of drug-likeness (QED) is 0.896. The zero-order chi connectivity index (χ0) is 16.2. The SMILES string of the molecule is CCCN1C(=O)CCc2cc(NC(=O)C3CCNCC3)ccc21. The molecule has 2 aliphatic rings. The van der Waals surface area contributed by atoms with Gasteiger partial charge in [0, 0.05) is 30.3 Å². The van der Waals surface area contributed by atoms with Crippen LogP contribution in [0.1, 0.15) is 38.2 Å². The maximum absolute atomic E-state index is 12.4. The average molecular weight is 315 g/mol. The summed E-state index contributed by atoms with van der Waals surface area (Å²) in [6.45, 7) is 4.66. The Labute approximate surface area is 137 Å². The number of nitrogens with one attached hydrogen (secondary N) is 2. The molecule has 0 spiro atoms. The van der Waals surface area contributed by atoms with E-state index >= 15 is 0 Å². The third kappa shape index (κ3) is 3.55. The van der Waals surface area contributed by atoms with Gasteiger partial charge in [-0.05, 0) is 62.5 Å². The van der Waals surface area contributed by atoms with Gasteiger partial charge in [-0.1, -0.05) is 6.92 Å². The van der Waals surface area contributed by atoms with Gasteiger partial charge in [-0.25, -0.2) is 0 Å². The first-order chi connectivity index (χ1) is 11.2. The number of nitrogens with zero attached hydrogens (tertiary/aromatic N) is 1. The molecule has 0 unspecified atom stereocenters. The van der Waals surface area contributed by atoms with Crippen LogP contribution in [0.15, 0.2) is 18.2 Å². The van der Waals surface area contributed by atoms with Crippen LogP contribution in [0.4, 0.5) is 11.4 Å². The summed E-state index contributed by atoms with van der Waals surface area (Å²) in [6.07, 6.45) is 4.05. The molecule has 3 rings (SSSR count). The van der Waals surface area contributed by atoms with E-state index in [2.05, 4.69) is 17.6 Å². The van der Waals surface area contributed by atoms with E-state index in [9.17, 15) is 9.59 Å². The van der Waals surface area contributed by atoms with Crippen molar-refractivity contribution in [2.24, 2.45) is 5.92 Å². The van der Waals surface area contributed by atoms with Crippen molar-refractivity contribution in [2.75, 3.05) is 29.9 Å². The number of piperidine rings is 1. The van der Waals surface area contributed by atoms with Crippen LogP contribution in [-0.4, -0.2) is 31.4 Å². The molecule has 0 aliphatic carbocycles. The van der Waals surface area contributed by atoms with Crippen LogP contribution in [-0.2, 0) is 16.0 Å².